The van der Waals surface area contributed by atoms with Crippen molar-refractivity contribution in [2.75, 3.05) is 19.7 Å². The molecule has 1 amide bonds. The number of nitrogens with zero attached hydrogens (tertiary/aromatic N) is 1. The predicted molar refractivity (Wildman–Crippen MR) is 38.2 cm³/mol. The van der Waals surface area contributed by atoms with Crippen LogP contribution in [0.2, 0.25) is 0 Å². The zero-order valence-electron chi connectivity index (χ0n) is 6.16. The van der Waals surface area contributed by atoms with E-state index < -0.39 is 11.6 Å². The summed E-state index contributed by atoms with van der Waals surface area (Å²) in [5.74, 6) is 0. The molecule has 1 fully saturated rings. The summed E-state index contributed by atoms with van der Waals surface area (Å²) < 4.78 is 0. The Balaban J connectivity index is 2.53. The van der Waals surface area contributed by atoms with Crippen molar-refractivity contribution in [1.82, 2.24) is 4.90 Å². The smallest absolute Gasteiger partial charge is 0.407 e. The van der Waals surface area contributed by atoms with Crippen LogP contribution in [0.15, 0.2) is 0 Å². The van der Waals surface area contributed by atoms with E-state index in [0.717, 1.165) is 0 Å². The summed E-state index contributed by atoms with van der Waals surface area (Å²) in [4.78, 5) is 11.6. The number of rotatable bonds is 1. The number of likely N-dealkylation sites (tertiary alicyclic amines) is 1. The quantitative estimate of drug-likeness (QED) is 0.462. The molecule has 11 heavy (non-hydrogen) atoms. The Bertz CT molecular complexity index is 173. The highest BCUT2D eigenvalue weighted by molar-refractivity contribution is 5.65. The summed E-state index contributed by atoms with van der Waals surface area (Å²) in [5.41, 5.74) is 4.92. The van der Waals surface area contributed by atoms with Gasteiger partial charge in [-0.25, -0.2) is 4.79 Å². The second kappa shape index (κ2) is 2.67. The lowest BCUT2D eigenvalue weighted by Crippen LogP contribution is -2.46. The molecular formula is C6H12N2O3. The minimum Gasteiger partial charge on any atom is -0.465 e. The summed E-state index contributed by atoms with van der Waals surface area (Å²) in [6.07, 6.45) is -0.429. The number of carboxylic acid groups (broad SMARTS) is 1. The van der Waals surface area contributed by atoms with Crippen LogP contribution in [0, 0.1) is 0 Å². The van der Waals surface area contributed by atoms with E-state index in [1.807, 2.05) is 0 Å². The van der Waals surface area contributed by atoms with Crippen LogP contribution < -0.4 is 5.73 Å². The van der Waals surface area contributed by atoms with Gasteiger partial charge in [0, 0.05) is 13.1 Å². The molecule has 0 spiro atoms. The molecule has 0 aliphatic carbocycles. The van der Waals surface area contributed by atoms with Crippen LogP contribution in [0.25, 0.3) is 0 Å². The number of aliphatic hydroxyl groups is 1. The van der Waals surface area contributed by atoms with E-state index in [2.05, 4.69) is 0 Å². The molecule has 0 aromatic heterocycles. The van der Waals surface area contributed by atoms with Gasteiger partial charge in [-0.1, -0.05) is 0 Å². The molecule has 0 saturated carbocycles. The Labute approximate surface area is 64.4 Å². The Hall–Kier alpha value is -0.810. The Kier molecular flexibility index (Phi) is 2.01. The minimum absolute atomic E-state index is 0.156. The van der Waals surface area contributed by atoms with Crippen molar-refractivity contribution in [3.63, 3.8) is 0 Å². The van der Waals surface area contributed by atoms with Crippen LogP contribution in [0.1, 0.15) is 6.42 Å². The Morgan fingerprint density at radius 2 is 2.36 bits per heavy atom. The molecular weight excluding hydrogens is 148 g/mol. The molecule has 0 radical (unpaired) electrons. The molecule has 1 saturated heterocycles. The third-order valence-corrected chi connectivity index (χ3v) is 1.97. The Morgan fingerprint density at radius 3 is 2.64 bits per heavy atom. The fourth-order valence-electron chi connectivity index (χ4n) is 1.19. The molecule has 0 aromatic carbocycles. The highest BCUT2D eigenvalue weighted by Gasteiger charge is 2.35. The zero-order chi connectivity index (χ0) is 8.48. The third kappa shape index (κ3) is 1.61. The largest absolute Gasteiger partial charge is 0.465 e. The van der Waals surface area contributed by atoms with Gasteiger partial charge in [0.25, 0.3) is 0 Å². The maximum Gasteiger partial charge on any atom is 0.407 e. The topological polar surface area (TPSA) is 86.8 Å². The van der Waals surface area contributed by atoms with Gasteiger partial charge in [-0.3, -0.25) is 0 Å². The van der Waals surface area contributed by atoms with E-state index in [1.165, 1.54) is 4.90 Å². The molecule has 0 aromatic rings. The second-order valence-corrected chi connectivity index (χ2v) is 2.97. The van der Waals surface area contributed by atoms with Crippen molar-refractivity contribution in [2.45, 2.75) is 12.0 Å². The summed E-state index contributed by atoms with van der Waals surface area (Å²) in [5, 5.41) is 17.3. The number of carbonyl (C=O) groups is 1. The molecule has 1 aliphatic rings. The van der Waals surface area contributed by atoms with Gasteiger partial charge in [0.1, 0.15) is 0 Å². The molecule has 64 valence electrons. The molecule has 1 rings (SSSR count). The second-order valence-electron chi connectivity index (χ2n) is 2.97. The molecule has 5 nitrogen and oxygen atoms in total. The molecule has 4 N–H and O–H groups in total. The van der Waals surface area contributed by atoms with Crippen molar-refractivity contribution in [2.24, 2.45) is 5.73 Å². The molecule has 1 aliphatic heterocycles. The number of aliphatic hydroxyl groups excluding tert-OH is 1. The fourth-order valence-corrected chi connectivity index (χ4v) is 1.19. The van der Waals surface area contributed by atoms with Crippen molar-refractivity contribution < 1.29 is 15.0 Å². The highest BCUT2D eigenvalue weighted by atomic mass is 16.4. The SMILES string of the molecule is NC1(CO)CCN(C(=O)O)C1. The van der Waals surface area contributed by atoms with Gasteiger partial charge in [-0.15, -0.1) is 0 Å². The summed E-state index contributed by atoms with van der Waals surface area (Å²) >= 11 is 0. The van der Waals surface area contributed by atoms with Crippen molar-refractivity contribution in [3.05, 3.63) is 0 Å². The van der Waals surface area contributed by atoms with Gasteiger partial charge >= 0.3 is 6.09 Å². The van der Waals surface area contributed by atoms with Gasteiger partial charge in [0.15, 0.2) is 0 Å². The predicted octanol–water partition coefficient (Wildman–Crippen LogP) is -0.940. The lowest BCUT2D eigenvalue weighted by atomic mass is 10.0. The third-order valence-electron chi connectivity index (χ3n) is 1.97. The van der Waals surface area contributed by atoms with Gasteiger partial charge in [-0.05, 0) is 6.42 Å². The van der Waals surface area contributed by atoms with E-state index in [-0.39, 0.29) is 13.2 Å². The number of hydrogen-bond acceptors (Lipinski definition) is 3. The first-order valence-electron chi connectivity index (χ1n) is 3.45. The minimum atomic E-state index is -0.967. The lowest BCUT2D eigenvalue weighted by Gasteiger charge is -2.20. The standard InChI is InChI=1S/C6H12N2O3/c7-6(4-9)1-2-8(3-6)5(10)11/h9H,1-4,7H2,(H,10,11). The van der Waals surface area contributed by atoms with E-state index in [0.29, 0.717) is 13.0 Å². The molecule has 1 unspecified atom stereocenters. The average Bonchev–Trinajstić information content (AvgIpc) is 2.33. The van der Waals surface area contributed by atoms with E-state index in [4.69, 9.17) is 15.9 Å². The fraction of sp³-hybridized carbons (Fsp3) is 0.833. The van der Waals surface area contributed by atoms with Gasteiger partial charge in [0.2, 0.25) is 0 Å². The summed E-state index contributed by atoms with van der Waals surface area (Å²) in [7, 11) is 0. The molecule has 5 heteroatoms. The average molecular weight is 160 g/mol. The zero-order valence-corrected chi connectivity index (χ0v) is 6.16. The van der Waals surface area contributed by atoms with Crippen LogP contribution in [-0.2, 0) is 0 Å². The van der Waals surface area contributed by atoms with Crippen LogP contribution in [0.4, 0.5) is 4.79 Å². The van der Waals surface area contributed by atoms with Crippen LogP contribution in [0.5, 0.6) is 0 Å². The highest BCUT2D eigenvalue weighted by Crippen LogP contribution is 2.17. The van der Waals surface area contributed by atoms with Crippen LogP contribution in [0.3, 0.4) is 0 Å². The van der Waals surface area contributed by atoms with Gasteiger partial charge in [-0.2, -0.15) is 0 Å². The monoisotopic (exact) mass is 160 g/mol. The van der Waals surface area contributed by atoms with Crippen LogP contribution >= 0.6 is 0 Å². The Morgan fingerprint density at radius 1 is 1.73 bits per heavy atom. The maximum atomic E-state index is 10.4. The molecule has 1 atom stereocenters. The summed E-state index contributed by atoms with van der Waals surface area (Å²) in [6, 6.07) is 0. The number of nitrogens with two attached hydrogens (primary N) is 1. The van der Waals surface area contributed by atoms with Gasteiger partial charge in [0.05, 0.1) is 12.1 Å². The van der Waals surface area contributed by atoms with E-state index in [9.17, 15) is 4.79 Å². The van der Waals surface area contributed by atoms with Crippen molar-refractivity contribution in [3.8, 4) is 0 Å². The first-order chi connectivity index (χ1) is 5.07. The van der Waals surface area contributed by atoms with Gasteiger partial charge < -0.3 is 20.8 Å². The number of hydrogen-bond donors (Lipinski definition) is 3. The maximum absolute atomic E-state index is 10.4. The molecule has 0 bridgehead atoms. The van der Waals surface area contributed by atoms with E-state index >= 15 is 0 Å². The first-order valence-corrected chi connectivity index (χ1v) is 3.45. The molecule has 1 heterocycles. The lowest BCUT2D eigenvalue weighted by molar-refractivity contribution is 0.146. The normalized spacial score (nSPS) is 30.9. The summed E-state index contributed by atoms with van der Waals surface area (Å²) in [6.45, 7) is 0.502. The van der Waals surface area contributed by atoms with Crippen molar-refractivity contribution >= 4 is 6.09 Å². The van der Waals surface area contributed by atoms with Crippen LogP contribution in [-0.4, -0.2) is 46.4 Å². The number of amides is 1. The van der Waals surface area contributed by atoms with Crippen molar-refractivity contribution in [1.29, 1.82) is 0 Å². The van der Waals surface area contributed by atoms with E-state index in [1.54, 1.807) is 0 Å². The first kappa shape index (κ1) is 8.29.